The van der Waals surface area contributed by atoms with Crippen LogP contribution in [0.5, 0.6) is 0 Å². The van der Waals surface area contributed by atoms with E-state index in [1.165, 1.54) is 5.56 Å². The molecular formula is C14H16N2O3. The maximum absolute atomic E-state index is 11.8. The predicted octanol–water partition coefficient (Wildman–Crippen LogP) is 0.259. The van der Waals surface area contributed by atoms with Gasteiger partial charge in [0.1, 0.15) is 6.10 Å². The third-order valence-corrected chi connectivity index (χ3v) is 3.60. The van der Waals surface area contributed by atoms with Gasteiger partial charge in [0.05, 0.1) is 26.2 Å². The zero-order valence-electron chi connectivity index (χ0n) is 10.6. The second kappa shape index (κ2) is 5.01. The number of rotatable bonds is 2. The zero-order valence-corrected chi connectivity index (χ0v) is 10.6. The van der Waals surface area contributed by atoms with Crippen molar-refractivity contribution < 1.29 is 14.3 Å². The van der Waals surface area contributed by atoms with Gasteiger partial charge in [0.25, 0.3) is 0 Å². The first-order valence-corrected chi connectivity index (χ1v) is 6.48. The SMILES string of the molecule is O=C1CN(CC2OCCc3ccccc32)C(=O)CN1. The molecular weight excluding hydrogens is 244 g/mol. The maximum atomic E-state index is 11.8. The summed E-state index contributed by atoms with van der Waals surface area (Å²) in [6.45, 7) is 1.33. The molecule has 0 aromatic heterocycles. The van der Waals surface area contributed by atoms with E-state index in [1.807, 2.05) is 18.2 Å². The highest BCUT2D eigenvalue weighted by Crippen LogP contribution is 2.27. The smallest absolute Gasteiger partial charge is 0.242 e. The maximum Gasteiger partial charge on any atom is 0.242 e. The van der Waals surface area contributed by atoms with Gasteiger partial charge in [-0.05, 0) is 17.5 Å². The molecule has 2 aliphatic rings. The summed E-state index contributed by atoms with van der Waals surface area (Å²) in [6, 6.07) is 8.12. The first-order valence-electron chi connectivity index (χ1n) is 6.48. The number of piperazine rings is 1. The van der Waals surface area contributed by atoms with E-state index in [2.05, 4.69) is 11.4 Å². The third kappa shape index (κ3) is 2.46. The minimum atomic E-state index is -0.125. The Bertz CT molecular complexity index is 515. The van der Waals surface area contributed by atoms with Crippen molar-refractivity contribution in [3.8, 4) is 0 Å². The van der Waals surface area contributed by atoms with Crippen molar-refractivity contribution in [2.75, 3.05) is 26.2 Å². The molecule has 2 amide bonds. The van der Waals surface area contributed by atoms with Gasteiger partial charge < -0.3 is 15.0 Å². The summed E-state index contributed by atoms with van der Waals surface area (Å²) >= 11 is 0. The van der Waals surface area contributed by atoms with Crippen molar-refractivity contribution in [2.45, 2.75) is 12.5 Å². The zero-order chi connectivity index (χ0) is 13.2. The number of carbonyl (C=O) groups is 2. The molecule has 2 aliphatic heterocycles. The number of fused-ring (bicyclic) bond motifs is 1. The van der Waals surface area contributed by atoms with Crippen LogP contribution >= 0.6 is 0 Å². The molecule has 3 rings (SSSR count). The predicted molar refractivity (Wildman–Crippen MR) is 68.4 cm³/mol. The summed E-state index contributed by atoms with van der Waals surface area (Å²) in [7, 11) is 0. The lowest BCUT2D eigenvalue weighted by Gasteiger charge is -2.33. The largest absolute Gasteiger partial charge is 0.371 e. The van der Waals surface area contributed by atoms with Gasteiger partial charge in [-0.3, -0.25) is 9.59 Å². The number of amides is 2. The first-order chi connectivity index (χ1) is 9.24. The molecule has 1 saturated heterocycles. The average Bonchev–Trinajstić information content (AvgIpc) is 2.43. The van der Waals surface area contributed by atoms with Crippen LogP contribution in [0.1, 0.15) is 17.2 Å². The van der Waals surface area contributed by atoms with Crippen LogP contribution in [-0.4, -0.2) is 43.0 Å². The van der Waals surface area contributed by atoms with Gasteiger partial charge in [-0.1, -0.05) is 24.3 Å². The Morgan fingerprint density at radius 1 is 1.32 bits per heavy atom. The summed E-state index contributed by atoms with van der Waals surface area (Å²) < 4.78 is 5.77. The summed E-state index contributed by atoms with van der Waals surface area (Å²) in [5.41, 5.74) is 2.40. The Balaban J connectivity index is 1.77. The second-order valence-corrected chi connectivity index (χ2v) is 4.86. The molecule has 0 aliphatic carbocycles. The minimum Gasteiger partial charge on any atom is -0.371 e. The second-order valence-electron chi connectivity index (χ2n) is 4.86. The van der Waals surface area contributed by atoms with Gasteiger partial charge in [0, 0.05) is 0 Å². The van der Waals surface area contributed by atoms with E-state index in [0.717, 1.165) is 12.0 Å². The van der Waals surface area contributed by atoms with E-state index in [1.54, 1.807) is 4.90 Å². The van der Waals surface area contributed by atoms with E-state index in [0.29, 0.717) is 13.2 Å². The van der Waals surface area contributed by atoms with Gasteiger partial charge in [0.15, 0.2) is 0 Å². The van der Waals surface area contributed by atoms with Crippen LogP contribution in [0.25, 0.3) is 0 Å². The van der Waals surface area contributed by atoms with Crippen molar-refractivity contribution in [3.05, 3.63) is 35.4 Å². The summed E-state index contributed by atoms with van der Waals surface area (Å²) in [6.07, 6.45) is 0.779. The monoisotopic (exact) mass is 260 g/mol. The summed E-state index contributed by atoms with van der Waals surface area (Å²) in [5.74, 6) is -0.157. The Labute approximate surface area is 111 Å². The van der Waals surface area contributed by atoms with Gasteiger partial charge in [0.2, 0.25) is 11.8 Å². The normalized spacial score (nSPS) is 22.9. The number of hydrogen-bond donors (Lipinski definition) is 1. The minimum absolute atomic E-state index is 0.0498. The van der Waals surface area contributed by atoms with E-state index in [4.69, 9.17) is 4.74 Å². The van der Waals surface area contributed by atoms with Crippen LogP contribution in [0, 0.1) is 0 Å². The van der Waals surface area contributed by atoms with E-state index in [-0.39, 0.29) is 31.0 Å². The summed E-state index contributed by atoms with van der Waals surface area (Å²) in [4.78, 5) is 24.7. The number of nitrogens with zero attached hydrogens (tertiary/aromatic N) is 1. The quantitative estimate of drug-likeness (QED) is 0.829. The Morgan fingerprint density at radius 2 is 2.16 bits per heavy atom. The topological polar surface area (TPSA) is 58.6 Å². The molecule has 5 heteroatoms. The number of carbonyl (C=O) groups excluding carboxylic acids is 2. The van der Waals surface area contributed by atoms with Gasteiger partial charge in [-0.25, -0.2) is 0 Å². The van der Waals surface area contributed by atoms with Crippen LogP contribution in [-0.2, 0) is 20.7 Å². The number of benzene rings is 1. The number of ether oxygens (including phenoxy) is 1. The fraction of sp³-hybridized carbons (Fsp3) is 0.429. The highest BCUT2D eigenvalue weighted by atomic mass is 16.5. The van der Waals surface area contributed by atoms with Crippen LogP contribution in [0.3, 0.4) is 0 Å². The Morgan fingerprint density at radius 3 is 3.05 bits per heavy atom. The van der Waals surface area contributed by atoms with Crippen molar-refractivity contribution >= 4 is 11.8 Å². The lowest BCUT2D eigenvalue weighted by molar-refractivity contribution is -0.142. The third-order valence-electron chi connectivity index (χ3n) is 3.60. The number of nitrogens with one attached hydrogen (secondary N) is 1. The molecule has 1 N–H and O–H groups in total. The van der Waals surface area contributed by atoms with Gasteiger partial charge in [-0.2, -0.15) is 0 Å². The van der Waals surface area contributed by atoms with Crippen molar-refractivity contribution in [3.63, 3.8) is 0 Å². The van der Waals surface area contributed by atoms with Crippen LogP contribution in [0.4, 0.5) is 0 Å². The van der Waals surface area contributed by atoms with Crippen LogP contribution < -0.4 is 5.32 Å². The van der Waals surface area contributed by atoms with Crippen LogP contribution in [0.15, 0.2) is 24.3 Å². The van der Waals surface area contributed by atoms with Gasteiger partial charge >= 0.3 is 0 Å². The molecule has 100 valence electrons. The summed E-state index contributed by atoms with van der Waals surface area (Å²) in [5, 5.41) is 2.55. The molecule has 1 fully saturated rings. The van der Waals surface area contributed by atoms with E-state index < -0.39 is 0 Å². The fourth-order valence-electron chi connectivity index (χ4n) is 2.60. The number of hydrogen-bond acceptors (Lipinski definition) is 3. The van der Waals surface area contributed by atoms with E-state index >= 15 is 0 Å². The first kappa shape index (κ1) is 12.2. The molecule has 1 unspecified atom stereocenters. The molecule has 1 aromatic carbocycles. The Kier molecular flexibility index (Phi) is 3.21. The van der Waals surface area contributed by atoms with Crippen LogP contribution in [0.2, 0.25) is 0 Å². The molecule has 2 heterocycles. The molecule has 0 saturated carbocycles. The Hall–Kier alpha value is -1.88. The van der Waals surface area contributed by atoms with Crippen molar-refractivity contribution in [1.29, 1.82) is 0 Å². The lowest BCUT2D eigenvalue weighted by atomic mass is 9.97. The fourth-order valence-corrected chi connectivity index (χ4v) is 2.60. The standard InChI is InChI=1S/C14H16N2O3/c17-13-9-16(14(18)7-15-13)8-12-11-4-2-1-3-10(11)5-6-19-12/h1-4,12H,5-9H2,(H,15,17). The van der Waals surface area contributed by atoms with Gasteiger partial charge in [-0.15, -0.1) is 0 Å². The molecule has 0 spiro atoms. The molecule has 0 radical (unpaired) electrons. The van der Waals surface area contributed by atoms with E-state index in [9.17, 15) is 9.59 Å². The molecule has 19 heavy (non-hydrogen) atoms. The lowest BCUT2D eigenvalue weighted by Crippen LogP contribution is -2.52. The molecule has 1 aromatic rings. The van der Waals surface area contributed by atoms with Crippen molar-refractivity contribution in [2.24, 2.45) is 0 Å². The molecule has 1 atom stereocenters. The molecule has 0 bridgehead atoms. The average molecular weight is 260 g/mol. The van der Waals surface area contributed by atoms with Crippen molar-refractivity contribution in [1.82, 2.24) is 10.2 Å². The molecule has 5 nitrogen and oxygen atoms in total. The highest BCUT2D eigenvalue weighted by molar-refractivity contribution is 5.92. The highest BCUT2D eigenvalue weighted by Gasteiger charge is 2.28.